The Labute approximate surface area is 136 Å². The summed E-state index contributed by atoms with van der Waals surface area (Å²) in [5.41, 5.74) is 0.460. The van der Waals surface area contributed by atoms with E-state index in [-0.39, 0.29) is 0 Å². The normalized spacial score (nSPS) is 23.7. The van der Waals surface area contributed by atoms with E-state index in [1.807, 2.05) is 0 Å². The largest absolute Gasteiger partial charge is 0.342 e. The third-order valence-electron chi connectivity index (χ3n) is 5.83. The minimum absolute atomic E-state index is 0.347. The van der Waals surface area contributed by atoms with Crippen LogP contribution in [0.5, 0.6) is 0 Å². The van der Waals surface area contributed by atoms with E-state index in [4.69, 9.17) is 0 Å². The third kappa shape index (κ3) is 4.95. The van der Waals surface area contributed by atoms with Gasteiger partial charge in [-0.15, -0.1) is 0 Å². The quantitative estimate of drug-likeness (QED) is 0.754. The van der Waals surface area contributed by atoms with Gasteiger partial charge in [-0.25, -0.2) is 0 Å². The Kier molecular flexibility index (Phi) is 6.69. The lowest BCUT2D eigenvalue weighted by Crippen LogP contribution is -2.51. The summed E-state index contributed by atoms with van der Waals surface area (Å²) in [6.45, 7) is 15.0. The van der Waals surface area contributed by atoms with Gasteiger partial charge in [0, 0.05) is 39.3 Å². The molecule has 1 amide bonds. The minimum atomic E-state index is 0.347. The van der Waals surface area contributed by atoms with E-state index >= 15 is 0 Å². The van der Waals surface area contributed by atoms with Crippen LogP contribution in [0.1, 0.15) is 52.9 Å². The highest BCUT2D eigenvalue weighted by Crippen LogP contribution is 2.33. The van der Waals surface area contributed by atoms with Crippen LogP contribution in [-0.2, 0) is 4.79 Å². The van der Waals surface area contributed by atoms with Crippen molar-refractivity contribution in [2.45, 2.75) is 52.9 Å². The van der Waals surface area contributed by atoms with Crippen molar-refractivity contribution in [1.29, 1.82) is 0 Å². The van der Waals surface area contributed by atoms with E-state index in [9.17, 15) is 4.79 Å². The van der Waals surface area contributed by atoms with Crippen LogP contribution >= 0.6 is 0 Å². The Balaban J connectivity index is 1.68. The monoisotopic (exact) mass is 309 g/mol. The van der Waals surface area contributed by atoms with Crippen LogP contribution in [0.15, 0.2) is 0 Å². The van der Waals surface area contributed by atoms with Gasteiger partial charge in [-0.3, -0.25) is 9.69 Å². The second kappa shape index (κ2) is 8.30. The van der Waals surface area contributed by atoms with Gasteiger partial charge in [-0.2, -0.15) is 0 Å². The number of hydrogen-bond acceptors (Lipinski definition) is 3. The van der Waals surface area contributed by atoms with Crippen molar-refractivity contribution < 1.29 is 4.79 Å². The number of amides is 1. The molecule has 2 fully saturated rings. The summed E-state index contributed by atoms with van der Waals surface area (Å²) in [7, 11) is 0. The molecule has 0 spiro atoms. The molecule has 0 unspecified atom stereocenters. The van der Waals surface area contributed by atoms with Gasteiger partial charge < -0.3 is 9.80 Å². The Morgan fingerprint density at radius 2 is 1.55 bits per heavy atom. The zero-order valence-electron chi connectivity index (χ0n) is 14.9. The Hall–Kier alpha value is -0.610. The van der Waals surface area contributed by atoms with Crippen molar-refractivity contribution >= 4 is 5.91 Å². The number of rotatable bonds is 6. The first-order chi connectivity index (χ1) is 10.6. The molecule has 4 heteroatoms. The summed E-state index contributed by atoms with van der Waals surface area (Å²) in [5, 5.41) is 0. The molecule has 22 heavy (non-hydrogen) atoms. The zero-order valence-corrected chi connectivity index (χ0v) is 14.9. The molecule has 4 nitrogen and oxygen atoms in total. The third-order valence-corrected chi connectivity index (χ3v) is 5.83. The van der Waals surface area contributed by atoms with Gasteiger partial charge in [-0.1, -0.05) is 33.6 Å². The molecule has 0 aromatic heterocycles. The number of hydrogen-bond donors (Lipinski definition) is 0. The van der Waals surface area contributed by atoms with Crippen LogP contribution in [0, 0.1) is 5.41 Å². The van der Waals surface area contributed by atoms with Crippen molar-refractivity contribution in [1.82, 2.24) is 14.7 Å². The molecule has 0 aromatic carbocycles. The number of carbonyl (C=O) groups excluding carboxylic acids is 1. The fraction of sp³-hybridized carbons (Fsp3) is 0.944. The standard InChI is InChI=1S/C18H35N3O/c1-4-6-9-19-12-14-20(15-13-19)16-17(22)21-10-7-18(3,5-2)8-11-21/h4-16H2,1-3H3. The molecule has 2 aliphatic rings. The van der Waals surface area contributed by atoms with E-state index in [0.29, 0.717) is 17.9 Å². The molecule has 0 aromatic rings. The average Bonchev–Trinajstić information content (AvgIpc) is 2.55. The predicted octanol–water partition coefficient (Wildman–Crippen LogP) is 2.44. The maximum absolute atomic E-state index is 12.5. The van der Waals surface area contributed by atoms with E-state index in [2.05, 4.69) is 35.5 Å². The zero-order chi connectivity index (χ0) is 16.0. The molecule has 2 aliphatic heterocycles. The van der Waals surface area contributed by atoms with Gasteiger partial charge in [0.15, 0.2) is 0 Å². The number of carbonyl (C=O) groups is 1. The SMILES string of the molecule is CCCCN1CCN(CC(=O)N2CCC(C)(CC)CC2)CC1. The number of piperazine rings is 1. The molecule has 2 rings (SSSR count). The lowest BCUT2D eigenvalue weighted by molar-refractivity contribution is -0.135. The van der Waals surface area contributed by atoms with E-state index < -0.39 is 0 Å². The molecule has 0 saturated carbocycles. The maximum atomic E-state index is 12.5. The van der Waals surface area contributed by atoms with Crippen LogP contribution in [-0.4, -0.2) is 73.0 Å². The molecule has 128 valence electrons. The van der Waals surface area contributed by atoms with Gasteiger partial charge in [0.05, 0.1) is 6.54 Å². The summed E-state index contributed by atoms with van der Waals surface area (Å²) >= 11 is 0. The van der Waals surface area contributed by atoms with Gasteiger partial charge in [-0.05, 0) is 31.2 Å². The topological polar surface area (TPSA) is 26.8 Å². The molecular weight excluding hydrogens is 274 g/mol. The summed E-state index contributed by atoms with van der Waals surface area (Å²) in [6, 6.07) is 0. The van der Waals surface area contributed by atoms with Crippen molar-refractivity contribution in [3.05, 3.63) is 0 Å². The molecule has 2 saturated heterocycles. The smallest absolute Gasteiger partial charge is 0.236 e. The minimum Gasteiger partial charge on any atom is -0.342 e. The van der Waals surface area contributed by atoms with Gasteiger partial charge in [0.1, 0.15) is 0 Å². The van der Waals surface area contributed by atoms with Crippen molar-refractivity contribution in [3.8, 4) is 0 Å². The first-order valence-corrected chi connectivity index (χ1v) is 9.29. The lowest BCUT2D eigenvalue weighted by atomic mass is 9.78. The summed E-state index contributed by atoms with van der Waals surface area (Å²) in [5.74, 6) is 0.347. The van der Waals surface area contributed by atoms with Crippen LogP contribution in [0.2, 0.25) is 0 Å². The van der Waals surface area contributed by atoms with Crippen molar-refractivity contribution in [2.24, 2.45) is 5.41 Å². The fourth-order valence-corrected chi connectivity index (χ4v) is 3.49. The Morgan fingerprint density at radius 1 is 0.955 bits per heavy atom. The van der Waals surface area contributed by atoms with Crippen LogP contribution in [0.25, 0.3) is 0 Å². The van der Waals surface area contributed by atoms with E-state index in [1.165, 1.54) is 38.6 Å². The van der Waals surface area contributed by atoms with E-state index in [1.54, 1.807) is 0 Å². The number of piperidine rings is 1. The average molecular weight is 309 g/mol. The summed E-state index contributed by atoms with van der Waals surface area (Å²) < 4.78 is 0. The van der Waals surface area contributed by atoms with Crippen LogP contribution < -0.4 is 0 Å². The van der Waals surface area contributed by atoms with E-state index in [0.717, 1.165) is 39.3 Å². The second-order valence-corrected chi connectivity index (χ2v) is 7.52. The highest BCUT2D eigenvalue weighted by atomic mass is 16.2. The summed E-state index contributed by atoms with van der Waals surface area (Å²) in [6.07, 6.45) is 6.13. The molecule has 0 bridgehead atoms. The number of unbranched alkanes of at least 4 members (excludes halogenated alkanes) is 1. The lowest BCUT2D eigenvalue weighted by Gasteiger charge is -2.40. The molecule has 0 N–H and O–H groups in total. The van der Waals surface area contributed by atoms with Crippen LogP contribution in [0.3, 0.4) is 0 Å². The molecule has 0 aliphatic carbocycles. The molecule has 0 atom stereocenters. The first-order valence-electron chi connectivity index (χ1n) is 9.29. The Bertz CT molecular complexity index is 342. The van der Waals surface area contributed by atoms with Gasteiger partial charge in [0.25, 0.3) is 0 Å². The van der Waals surface area contributed by atoms with Gasteiger partial charge >= 0.3 is 0 Å². The summed E-state index contributed by atoms with van der Waals surface area (Å²) in [4.78, 5) is 19.5. The molecule has 2 heterocycles. The maximum Gasteiger partial charge on any atom is 0.236 e. The fourth-order valence-electron chi connectivity index (χ4n) is 3.49. The predicted molar refractivity (Wildman–Crippen MR) is 92.0 cm³/mol. The number of nitrogens with zero attached hydrogens (tertiary/aromatic N) is 3. The van der Waals surface area contributed by atoms with Crippen molar-refractivity contribution in [3.63, 3.8) is 0 Å². The second-order valence-electron chi connectivity index (χ2n) is 7.52. The number of likely N-dealkylation sites (tertiary alicyclic amines) is 1. The van der Waals surface area contributed by atoms with Gasteiger partial charge in [0.2, 0.25) is 5.91 Å². The van der Waals surface area contributed by atoms with Crippen molar-refractivity contribution in [2.75, 3.05) is 52.4 Å². The highest BCUT2D eigenvalue weighted by Gasteiger charge is 2.31. The van der Waals surface area contributed by atoms with Crippen LogP contribution in [0.4, 0.5) is 0 Å². The molecular formula is C18H35N3O. The Morgan fingerprint density at radius 3 is 2.09 bits per heavy atom. The first kappa shape index (κ1) is 17.7. The molecule has 0 radical (unpaired) electrons. The highest BCUT2D eigenvalue weighted by molar-refractivity contribution is 5.78.